The summed E-state index contributed by atoms with van der Waals surface area (Å²) in [6.45, 7) is 6.01. The van der Waals surface area contributed by atoms with Crippen LogP contribution in [0.15, 0.2) is 52.0 Å². The van der Waals surface area contributed by atoms with Gasteiger partial charge in [-0.25, -0.2) is 5.43 Å². The number of hydrazone groups is 1. The summed E-state index contributed by atoms with van der Waals surface area (Å²) in [4.78, 5) is 11.9. The number of rotatable bonds is 6. The second kappa shape index (κ2) is 9.02. The van der Waals surface area contributed by atoms with E-state index in [-0.39, 0.29) is 12.5 Å². The largest absolute Gasteiger partial charge is 0.483 e. The highest BCUT2D eigenvalue weighted by Gasteiger charge is 2.06. The molecule has 4 nitrogen and oxygen atoms in total. The van der Waals surface area contributed by atoms with Gasteiger partial charge in [-0.15, -0.1) is 0 Å². The predicted molar refractivity (Wildman–Crippen MR) is 106 cm³/mol. The van der Waals surface area contributed by atoms with Crippen molar-refractivity contribution in [2.75, 3.05) is 6.61 Å². The van der Waals surface area contributed by atoms with Crippen molar-refractivity contribution >= 4 is 39.1 Å². The summed E-state index contributed by atoms with van der Waals surface area (Å²) in [7, 11) is 0. The first-order valence-corrected chi connectivity index (χ1v) is 9.05. The van der Waals surface area contributed by atoms with Gasteiger partial charge in [-0.3, -0.25) is 4.79 Å². The van der Waals surface area contributed by atoms with Crippen molar-refractivity contribution in [3.05, 3.63) is 63.1 Å². The van der Waals surface area contributed by atoms with E-state index in [0.717, 1.165) is 11.3 Å². The Bertz CT molecular complexity index is 773. The van der Waals surface area contributed by atoms with Crippen molar-refractivity contribution in [1.82, 2.24) is 5.43 Å². The summed E-state index contributed by atoms with van der Waals surface area (Å²) in [6, 6.07) is 13.2. The van der Waals surface area contributed by atoms with Crippen LogP contribution in [0, 0.1) is 0 Å². The Kier molecular flexibility index (Phi) is 7.02. The minimum absolute atomic E-state index is 0.136. The van der Waals surface area contributed by atoms with Gasteiger partial charge in [0.25, 0.3) is 5.91 Å². The third-order valence-corrected chi connectivity index (χ3v) is 4.45. The molecule has 0 unspecified atom stereocenters. The SMILES string of the molecule is CC(=NNC(=O)COc1ccc(Cl)cc1Br)c1ccc(C(C)C)cc1. The van der Waals surface area contributed by atoms with Crippen molar-refractivity contribution in [1.29, 1.82) is 0 Å². The lowest BCUT2D eigenvalue weighted by Crippen LogP contribution is -2.25. The van der Waals surface area contributed by atoms with Gasteiger partial charge in [-0.1, -0.05) is 49.7 Å². The molecule has 0 heterocycles. The molecule has 6 heteroatoms. The lowest BCUT2D eigenvalue weighted by atomic mass is 10.0. The maximum absolute atomic E-state index is 11.9. The number of halogens is 2. The summed E-state index contributed by atoms with van der Waals surface area (Å²) in [6.07, 6.45) is 0. The molecule has 0 atom stereocenters. The summed E-state index contributed by atoms with van der Waals surface area (Å²) < 4.78 is 6.14. The lowest BCUT2D eigenvalue weighted by Gasteiger charge is -2.08. The van der Waals surface area contributed by atoms with Gasteiger partial charge in [0.2, 0.25) is 0 Å². The van der Waals surface area contributed by atoms with Gasteiger partial charge >= 0.3 is 0 Å². The predicted octanol–water partition coefficient (Wildman–Crippen LogP) is 5.15. The zero-order valence-corrected chi connectivity index (χ0v) is 16.7. The summed E-state index contributed by atoms with van der Waals surface area (Å²) in [5, 5.41) is 4.71. The van der Waals surface area contributed by atoms with Gasteiger partial charge in [0.15, 0.2) is 6.61 Å². The van der Waals surface area contributed by atoms with Crippen LogP contribution in [-0.4, -0.2) is 18.2 Å². The summed E-state index contributed by atoms with van der Waals surface area (Å²) >= 11 is 9.20. The number of nitrogens with zero attached hydrogens (tertiary/aromatic N) is 1. The zero-order valence-electron chi connectivity index (χ0n) is 14.3. The van der Waals surface area contributed by atoms with Crippen molar-refractivity contribution in [2.24, 2.45) is 5.10 Å². The third kappa shape index (κ3) is 5.87. The Morgan fingerprint density at radius 1 is 1.24 bits per heavy atom. The number of ether oxygens (including phenoxy) is 1. The number of benzene rings is 2. The number of carbonyl (C=O) groups excluding carboxylic acids is 1. The van der Waals surface area contributed by atoms with Crippen LogP contribution in [0.4, 0.5) is 0 Å². The number of hydrogen-bond donors (Lipinski definition) is 1. The van der Waals surface area contributed by atoms with Crippen LogP contribution in [0.2, 0.25) is 5.02 Å². The Morgan fingerprint density at radius 2 is 1.92 bits per heavy atom. The number of amides is 1. The van der Waals surface area contributed by atoms with Gasteiger partial charge in [0, 0.05) is 5.02 Å². The molecule has 0 aliphatic heterocycles. The highest BCUT2D eigenvalue weighted by Crippen LogP contribution is 2.27. The van der Waals surface area contributed by atoms with Crippen LogP contribution in [0.1, 0.15) is 37.8 Å². The quantitative estimate of drug-likeness (QED) is 0.516. The van der Waals surface area contributed by atoms with E-state index in [1.165, 1.54) is 5.56 Å². The van der Waals surface area contributed by atoms with Crippen LogP contribution >= 0.6 is 27.5 Å². The van der Waals surface area contributed by atoms with E-state index in [0.29, 0.717) is 21.2 Å². The second-order valence-corrected chi connectivity index (χ2v) is 7.16. The van der Waals surface area contributed by atoms with Gasteiger partial charge in [-0.2, -0.15) is 5.10 Å². The number of nitrogens with one attached hydrogen (secondary N) is 1. The van der Waals surface area contributed by atoms with E-state index < -0.39 is 0 Å². The van der Waals surface area contributed by atoms with Gasteiger partial charge in [0.05, 0.1) is 10.2 Å². The minimum atomic E-state index is -0.333. The molecule has 0 aromatic heterocycles. The van der Waals surface area contributed by atoms with Crippen LogP contribution in [0.5, 0.6) is 5.75 Å². The van der Waals surface area contributed by atoms with Crippen molar-refractivity contribution in [3.8, 4) is 5.75 Å². The van der Waals surface area contributed by atoms with E-state index in [1.807, 2.05) is 19.1 Å². The molecule has 2 rings (SSSR count). The molecule has 0 bridgehead atoms. The first kappa shape index (κ1) is 19.5. The first-order chi connectivity index (χ1) is 11.9. The standard InChI is InChI=1S/C19H20BrClN2O2/c1-12(2)14-4-6-15(7-5-14)13(3)22-23-19(24)11-25-18-9-8-16(21)10-17(18)20/h4-10,12H,11H2,1-3H3,(H,23,24). The maximum atomic E-state index is 11.9. The fourth-order valence-electron chi connectivity index (χ4n) is 2.09. The van der Waals surface area contributed by atoms with Crippen molar-refractivity contribution < 1.29 is 9.53 Å². The topological polar surface area (TPSA) is 50.7 Å². The molecule has 25 heavy (non-hydrogen) atoms. The fourth-order valence-corrected chi connectivity index (χ4v) is 2.88. The average Bonchev–Trinajstić information content (AvgIpc) is 2.59. The first-order valence-electron chi connectivity index (χ1n) is 7.88. The molecule has 1 N–H and O–H groups in total. The number of hydrogen-bond acceptors (Lipinski definition) is 3. The van der Waals surface area contributed by atoms with E-state index >= 15 is 0 Å². The van der Waals surface area contributed by atoms with E-state index in [4.69, 9.17) is 16.3 Å². The van der Waals surface area contributed by atoms with Crippen LogP contribution < -0.4 is 10.2 Å². The molecule has 0 aliphatic rings. The monoisotopic (exact) mass is 422 g/mol. The highest BCUT2D eigenvalue weighted by atomic mass is 79.9. The molecule has 0 spiro atoms. The average molecular weight is 424 g/mol. The molecule has 132 valence electrons. The van der Waals surface area contributed by atoms with Crippen LogP contribution in [0.3, 0.4) is 0 Å². The fraction of sp³-hybridized carbons (Fsp3) is 0.263. The molecule has 2 aromatic carbocycles. The minimum Gasteiger partial charge on any atom is -0.483 e. The molecule has 0 saturated carbocycles. The molecular formula is C19H20BrClN2O2. The van der Waals surface area contributed by atoms with E-state index in [9.17, 15) is 4.79 Å². The van der Waals surface area contributed by atoms with Gasteiger partial charge in [-0.05, 0) is 58.1 Å². The van der Waals surface area contributed by atoms with Gasteiger partial charge in [0.1, 0.15) is 5.75 Å². The molecule has 1 amide bonds. The molecular weight excluding hydrogens is 404 g/mol. The molecule has 0 saturated heterocycles. The summed E-state index contributed by atoms with van der Waals surface area (Å²) in [5.74, 6) is 0.694. The van der Waals surface area contributed by atoms with Crippen molar-refractivity contribution in [3.63, 3.8) is 0 Å². The van der Waals surface area contributed by atoms with E-state index in [1.54, 1.807) is 18.2 Å². The van der Waals surface area contributed by atoms with Gasteiger partial charge < -0.3 is 4.74 Å². The number of carbonyl (C=O) groups is 1. The Morgan fingerprint density at radius 3 is 2.52 bits per heavy atom. The Balaban J connectivity index is 1.90. The zero-order chi connectivity index (χ0) is 18.4. The molecule has 0 radical (unpaired) electrons. The van der Waals surface area contributed by atoms with Crippen LogP contribution in [0.25, 0.3) is 0 Å². The highest BCUT2D eigenvalue weighted by molar-refractivity contribution is 9.10. The Hall–Kier alpha value is -1.85. The van der Waals surface area contributed by atoms with Crippen molar-refractivity contribution in [2.45, 2.75) is 26.7 Å². The molecule has 0 fully saturated rings. The smallest absolute Gasteiger partial charge is 0.277 e. The normalized spacial score (nSPS) is 11.5. The lowest BCUT2D eigenvalue weighted by molar-refractivity contribution is -0.123. The maximum Gasteiger partial charge on any atom is 0.277 e. The molecule has 0 aliphatic carbocycles. The van der Waals surface area contributed by atoms with Crippen LogP contribution in [-0.2, 0) is 4.79 Å². The Labute approximate surface area is 161 Å². The third-order valence-electron chi connectivity index (χ3n) is 3.60. The summed E-state index contributed by atoms with van der Waals surface area (Å²) in [5.41, 5.74) is 5.46. The van der Waals surface area contributed by atoms with E-state index in [2.05, 4.69) is 52.4 Å². The molecule has 2 aromatic rings. The second-order valence-electron chi connectivity index (χ2n) is 5.87.